The second-order valence-corrected chi connectivity index (χ2v) is 5.21. The van der Waals surface area contributed by atoms with E-state index in [4.69, 9.17) is 14.2 Å². The minimum Gasteiger partial charge on any atom is -0.497 e. The Morgan fingerprint density at radius 3 is 2.55 bits per heavy atom. The Labute approximate surface area is 129 Å². The van der Waals surface area contributed by atoms with Gasteiger partial charge in [0.25, 0.3) is 0 Å². The van der Waals surface area contributed by atoms with Gasteiger partial charge in [-0.25, -0.2) is 4.79 Å². The Morgan fingerprint density at radius 2 is 1.86 bits per heavy atom. The molecule has 0 aliphatic carbocycles. The van der Waals surface area contributed by atoms with Gasteiger partial charge in [0.1, 0.15) is 17.6 Å². The van der Waals surface area contributed by atoms with Gasteiger partial charge in [-0.15, -0.1) is 0 Å². The predicted octanol–water partition coefficient (Wildman–Crippen LogP) is 3.55. The normalized spacial score (nSPS) is 16.1. The number of hydrogen-bond acceptors (Lipinski definition) is 4. The summed E-state index contributed by atoms with van der Waals surface area (Å²) in [7, 11) is 3.15. The lowest BCUT2D eigenvalue weighted by Crippen LogP contribution is -2.02. The van der Waals surface area contributed by atoms with Crippen LogP contribution >= 0.6 is 0 Å². The molecule has 0 unspecified atom stereocenters. The van der Waals surface area contributed by atoms with Crippen molar-refractivity contribution >= 4 is 5.97 Å². The monoisotopic (exact) mass is 298 g/mol. The number of cyclic esters (lactones) is 1. The standard InChI is InChI=1S/C18H18O4/c1-20-13-10-14-17(16(11-13)21-2)15(22-18(14)19)9-8-12-6-4-3-5-7-12/h3-7,10-11,15H,8-9H2,1-2H3/t15-/m1/s1. The van der Waals surface area contributed by atoms with Crippen molar-refractivity contribution in [2.24, 2.45) is 0 Å². The zero-order chi connectivity index (χ0) is 15.5. The molecule has 0 bridgehead atoms. The first-order valence-corrected chi connectivity index (χ1v) is 7.23. The number of aryl methyl sites for hydroxylation is 1. The lowest BCUT2D eigenvalue weighted by molar-refractivity contribution is 0.0366. The first kappa shape index (κ1) is 14.4. The number of rotatable bonds is 5. The summed E-state index contributed by atoms with van der Waals surface area (Å²) >= 11 is 0. The van der Waals surface area contributed by atoms with Gasteiger partial charge in [-0.1, -0.05) is 30.3 Å². The van der Waals surface area contributed by atoms with E-state index in [0.29, 0.717) is 17.1 Å². The number of carbonyl (C=O) groups is 1. The summed E-state index contributed by atoms with van der Waals surface area (Å²) in [6, 6.07) is 13.7. The van der Waals surface area contributed by atoms with E-state index in [9.17, 15) is 4.79 Å². The molecule has 22 heavy (non-hydrogen) atoms. The van der Waals surface area contributed by atoms with Gasteiger partial charge in [-0.2, -0.15) is 0 Å². The largest absolute Gasteiger partial charge is 0.497 e. The van der Waals surface area contributed by atoms with Crippen LogP contribution in [0.3, 0.4) is 0 Å². The van der Waals surface area contributed by atoms with Gasteiger partial charge >= 0.3 is 5.97 Å². The van der Waals surface area contributed by atoms with Crippen molar-refractivity contribution in [3.05, 3.63) is 59.2 Å². The maximum Gasteiger partial charge on any atom is 0.339 e. The molecule has 0 aromatic heterocycles. The van der Waals surface area contributed by atoms with Gasteiger partial charge in [0, 0.05) is 11.6 Å². The molecule has 0 spiro atoms. The minimum absolute atomic E-state index is 0.274. The number of hydrogen-bond donors (Lipinski definition) is 0. The number of benzene rings is 2. The fourth-order valence-corrected chi connectivity index (χ4v) is 2.79. The molecule has 0 N–H and O–H groups in total. The van der Waals surface area contributed by atoms with Gasteiger partial charge in [0.15, 0.2) is 0 Å². The van der Waals surface area contributed by atoms with E-state index in [1.165, 1.54) is 5.56 Å². The van der Waals surface area contributed by atoms with E-state index in [0.717, 1.165) is 18.4 Å². The minimum atomic E-state index is -0.315. The highest BCUT2D eigenvalue weighted by atomic mass is 16.6. The molecule has 4 nitrogen and oxygen atoms in total. The number of fused-ring (bicyclic) bond motifs is 1. The molecule has 114 valence electrons. The summed E-state index contributed by atoms with van der Waals surface area (Å²) in [4.78, 5) is 12.1. The molecule has 2 aromatic rings. The third kappa shape index (κ3) is 2.64. The molecule has 1 aliphatic rings. The smallest absolute Gasteiger partial charge is 0.339 e. The van der Waals surface area contributed by atoms with Crippen LogP contribution in [0, 0.1) is 0 Å². The Morgan fingerprint density at radius 1 is 1.09 bits per heavy atom. The maximum absolute atomic E-state index is 12.1. The molecular formula is C18H18O4. The van der Waals surface area contributed by atoms with Crippen LogP contribution in [0.25, 0.3) is 0 Å². The van der Waals surface area contributed by atoms with E-state index >= 15 is 0 Å². The van der Waals surface area contributed by atoms with E-state index in [1.54, 1.807) is 26.4 Å². The van der Waals surface area contributed by atoms with Crippen molar-refractivity contribution < 1.29 is 19.0 Å². The molecule has 0 radical (unpaired) electrons. The molecule has 1 heterocycles. The van der Waals surface area contributed by atoms with Crippen LogP contribution in [0.2, 0.25) is 0 Å². The van der Waals surface area contributed by atoms with E-state index in [-0.39, 0.29) is 12.1 Å². The Hall–Kier alpha value is -2.49. The number of esters is 1. The predicted molar refractivity (Wildman–Crippen MR) is 82.5 cm³/mol. The summed E-state index contributed by atoms with van der Waals surface area (Å²) in [5.41, 5.74) is 2.58. The molecule has 1 aliphatic heterocycles. The van der Waals surface area contributed by atoms with Crippen molar-refractivity contribution in [3.8, 4) is 11.5 Å². The average molecular weight is 298 g/mol. The van der Waals surface area contributed by atoms with Crippen LogP contribution in [0.15, 0.2) is 42.5 Å². The number of ether oxygens (including phenoxy) is 3. The van der Waals surface area contributed by atoms with Crippen molar-refractivity contribution in [3.63, 3.8) is 0 Å². The van der Waals surface area contributed by atoms with Gasteiger partial charge in [-0.05, 0) is 24.5 Å². The van der Waals surface area contributed by atoms with Gasteiger partial charge in [0.2, 0.25) is 0 Å². The highest BCUT2D eigenvalue weighted by Crippen LogP contribution is 2.42. The van der Waals surface area contributed by atoms with Crippen LogP contribution in [-0.2, 0) is 11.2 Å². The fraction of sp³-hybridized carbons (Fsp3) is 0.278. The van der Waals surface area contributed by atoms with Crippen LogP contribution in [-0.4, -0.2) is 20.2 Å². The molecule has 0 fully saturated rings. The SMILES string of the molecule is COc1cc(OC)c2c(c1)C(=O)O[C@@H]2CCc1ccccc1. The molecule has 0 saturated carbocycles. The lowest BCUT2D eigenvalue weighted by Gasteiger charge is -2.14. The molecule has 1 atom stereocenters. The van der Waals surface area contributed by atoms with Crippen LogP contribution in [0.5, 0.6) is 11.5 Å². The molecule has 0 saturated heterocycles. The first-order chi connectivity index (χ1) is 10.7. The van der Waals surface area contributed by atoms with Crippen LogP contribution < -0.4 is 9.47 Å². The quantitative estimate of drug-likeness (QED) is 0.792. The number of carbonyl (C=O) groups excluding carboxylic acids is 1. The summed E-state index contributed by atoms with van der Waals surface area (Å²) < 4.78 is 16.1. The zero-order valence-corrected chi connectivity index (χ0v) is 12.7. The molecule has 3 rings (SSSR count). The van der Waals surface area contributed by atoms with Crippen molar-refractivity contribution in [1.29, 1.82) is 0 Å². The van der Waals surface area contributed by atoms with Gasteiger partial charge in [-0.3, -0.25) is 0 Å². The third-order valence-corrected chi connectivity index (χ3v) is 3.90. The summed E-state index contributed by atoms with van der Waals surface area (Å²) in [5.74, 6) is 0.916. The lowest BCUT2D eigenvalue weighted by atomic mass is 9.98. The molecule has 0 amide bonds. The second kappa shape index (κ2) is 6.10. The average Bonchev–Trinajstić information content (AvgIpc) is 2.89. The van der Waals surface area contributed by atoms with E-state index in [1.807, 2.05) is 18.2 Å². The second-order valence-electron chi connectivity index (χ2n) is 5.21. The summed E-state index contributed by atoms with van der Waals surface area (Å²) in [6.45, 7) is 0. The molecule has 2 aromatic carbocycles. The van der Waals surface area contributed by atoms with Gasteiger partial charge < -0.3 is 14.2 Å². The first-order valence-electron chi connectivity index (χ1n) is 7.23. The fourth-order valence-electron chi connectivity index (χ4n) is 2.79. The zero-order valence-electron chi connectivity index (χ0n) is 12.7. The third-order valence-electron chi connectivity index (χ3n) is 3.90. The highest BCUT2D eigenvalue weighted by molar-refractivity contribution is 5.95. The van der Waals surface area contributed by atoms with Crippen molar-refractivity contribution in [2.75, 3.05) is 14.2 Å². The number of methoxy groups -OCH3 is 2. The molecule has 4 heteroatoms. The van der Waals surface area contributed by atoms with Crippen molar-refractivity contribution in [2.45, 2.75) is 18.9 Å². The Balaban J connectivity index is 1.87. The Kier molecular flexibility index (Phi) is 4.00. The Bertz CT molecular complexity index is 679. The maximum atomic E-state index is 12.1. The van der Waals surface area contributed by atoms with Gasteiger partial charge in [0.05, 0.1) is 19.8 Å². The van der Waals surface area contributed by atoms with E-state index < -0.39 is 0 Å². The topological polar surface area (TPSA) is 44.8 Å². The summed E-state index contributed by atoms with van der Waals surface area (Å²) in [6.07, 6.45) is 1.29. The highest BCUT2D eigenvalue weighted by Gasteiger charge is 2.34. The van der Waals surface area contributed by atoms with E-state index in [2.05, 4.69) is 12.1 Å². The van der Waals surface area contributed by atoms with Crippen molar-refractivity contribution in [1.82, 2.24) is 0 Å². The van der Waals surface area contributed by atoms with Crippen LogP contribution in [0.4, 0.5) is 0 Å². The molecular weight excluding hydrogens is 280 g/mol. The summed E-state index contributed by atoms with van der Waals surface area (Å²) in [5, 5.41) is 0. The van der Waals surface area contributed by atoms with Crippen LogP contribution in [0.1, 0.15) is 34.0 Å².